The summed E-state index contributed by atoms with van der Waals surface area (Å²) in [5.41, 5.74) is 3.86. The van der Waals surface area contributed by atoms with Crippen molar-refractivity contribution in [1.82, 2.24) is 0 Å². The highest BCUT2D eigenvalue weighted by molar-refractivity contribution is 8.08. The lowest BCUT2D eigenvalue weighted by Gasteiger charge is -2.09. The zero-order chi connectivity index (χ0) is 21.6. The van der Waals surface area contributed by atoms with Crippen LogP contribution in [0.5, 0.6) is 0 Å². The highest BCUT2D eigenvalue weighted by Gasteiger charge is 2.30. The summed E-state index contributed by atoms with van der Waals surface area (Å²) in [5, 5.41) is 5.96. The molecule has 7 nitrogen and oxygen atoms in total. The minimum absolute atomic E-state index is 0.0316. The van der Waals surface area contributed by atoms with Crippen LogP contribution in [0.3, 0.4) is 0 Å². The van der Waals surface area contributed by atoms with E-state index in [1.807, 2.05) is 0 Å². The zero-order valence-corrected chi connectivity index (χ0v) is 16.9. The Bertz CT molecular complexity index is 1170. The Kier molecular flexibility index (Phi) is 6.38. The van der Waals surface area contributed by atoms with Gasteiger partial charge in [0.05, 0.1) is 10.6 Å². The van der Waals surface area contributed by atoms with Crippen molar-refractivity contribution in [2.24, 2.45) is 5.10 Å². The number of nitrogens with one attached hydrogen (secondary N) is 2. The van der Waals surface area contributed by atoms with Crippen molar-refractivity contribution in [3.63, 3.8) is 0 Å². The molecule has 1 amide bonds. The number of rotatable bonds is 6. The molecule has 30 heavy (non-hydrogen) atoms. The third-order valence-electron chi connectivity index (χ3n) is 4.03. The van der Waals surface area contributed by atoms with Gasteiger partial charge in [-0.1, -0.05) is 48.5 Å². The van der Waals surface area contributed by atoms with E-state index in [4.69, 9.17) is 0 Å². The van der Waals surface area contributed by atoms with E-state index < -0.39 is 20.7 Å². The number of hydrogen-bond donors (Lipinski definition) is 2. The minimum Gasteiger partial charge on any atom is -0.326 e. The summed E-state index contributed by atoms with van der Waals surface area (Å²) in [6.45, 7) is 1.40. The fourth-order valence-corrected chi connectivity index (χ4v) is 3.87. The fourth-order valence-electron chi connectivity index (χ4n) is 2.60. The van der Waals surface area contributed by atoms with E-state index in [9.17, 15) is 18.0 Å². The normalized spacial score (nSPS) is 11.6. The average molecular weight is 421 g/mol. The predicted octanol–water partition coefficient (Wildman–Crippen LogP) is 3.73. The first-order chi connectivity index (χ1) is 14.4. The van der Waals surface area contributed by atoms with Gasteiger partial charge in [0.2, 0.25) is 26.6 Å². The Morgan fingerprint density at radius 1 is 0.767 bits per heavy atom. The van der Waals surface area contributed by atoms with Gasteiger partial charge in [0, 0.05) is 18.2 Å². The first-order valence-electron chi connectivity index (χ1n) is 8.99. The Morgan fingerprint density at radius 2 is 1.30 bits per heavy atom. The van der Waals surface area contributed by atoms with E-state index in [1.165, 1.54) is 31.2 Å². The molecular weight excluding hydrogens is 402 g/mol. The van der Waals surface area contributed by atoms with Crippen LogP contribution in [0.1, 0.15) is 17.3 Å². The Labute approximate surface area is 174 Å². The summed E-state index contributed by atoms with van der Waals surface area (Å²) in [4.78, 5) is 24.0. The quantitative estimate of drug-likeness (QED) is 0.273. The molecule has 0 unspecified atom stereocenters. The van der Waals surface area contributed by atoms with Crippen LogP contribution in [0.2, 0.25) is 0 Å². The van der Waals surface area contributed by atoms with Crippen molar-refractivity contribution in [2.75, 3.05) is 10.7 Å². The molecule has 152 valence electrons. The van der Waals surface area contributed by atoms with Gasteiger partial charge >= 0.3 is 0 Å². The molecular formula is C22H19N3O4S. The molecule has 3 aromatic rings. The highest BCUT2D eigenvalue weighted by Crippen LogP contribution is 2.18. The van der Waals surface area contributed by atoms with Gasteiger partial charge < -0.3 is 5.32 Å². The van der Waals surface area contributed by atoms with E-state index in [0.29, 0.717) is 11.4 Å². The predicted molar refractivity (Wildman–Crippen MR) is 116 cm³/mol. The van der Waals surface area contributed by atoms with Gasteiger partial charge in [-0.3, -0.25) is 15.0 Å². The molecule has 0 saturated carbocycles. The van der Waals surface area contributed by atoms with Crippen molar-refractivity contribution in [3.05, 3.63) is 90.5 Å². The molecule has 0 aliphatic carbocycles. The van der Waals surface area contributed by atoms with Crippen LogP contribution in [0.15, 0.2) is 94.9 Å². The standard InChI is InChI=1S/C22H19N3O4S/c1-16(26)23-18-12-14-19(15-13-18)24-25-22(21(27)17-8-4-2-5-9-17)30(28,29)20-10-6-3-7-11-20/h2-15,24H,1H3,(H,23,26)/b25-22+. The SMILES string of the molecule is CC(=O)Nc1ccc(N/N=C(\C(=O)c2ccccc2)S(=O)(=O)c2ccccc2)cc1. The summed E-state index contributed by atoms with van der Waals surface area (Å²) in [5.74, 6) is -0.930. The lowest BCUT2D eigenvalue weighted by Crippen LogP contribution is -2.26. The number of Topliss-reactive ketones (excluding diaryl/α,β-unsaturated/α-hetero) is 1. The number of amides is 1. The number of anilines is 2. The van der Waals surface area contributed by atoms with Crippen LogP contribution in [-0.4, -0.2) is 25.2 Å². The lowest BCUT2D eigenvalue weighted by atomic mass is 10.1. The Hall–Kier alpha value is -3.78. The molecule has 0 radical (unpaired) electrons. The van der Waals surface area contributed by atoms with Crippen LogP contribution in [0.25, 0.3) is 0 Å². The maximum atomic E-state index is 13.1. The number of carbonyl (C=O) groups is 2. The molecule has 2 N–H and O–H groups in total. The molecule has 0 fully saturated rings. The largest absolute Gasteiger partial charge is 0.326 e. The topological polar surface area (TPSA) is 105 Å². The van der Waals surface area contributed by atoms with Crippen molar-refractivity contribution in [2.45, 2.75) is 11.8 Å². The van der Waals surface area contributed by atoms with Crippen molar-refractivity contribution < 1.29 is 18.0 Å². The molecule has 0 heterocycles. The van der Waals surface area contributed by atoms with Gasteiger partial charge in [0.1, 0.15) is 0 Å². The molecule has 0 aromatic heterocycles. The smallest absolute Gasteiger partial charge is 0.229 e. The molecule has 0 aliphatic heterocycles. The number of benzene rings is 3. The first kappa shape index (κ1) is 20.9. The van der Waals surface area contributed by atoms with Crippen LogP contribution >= 0.6 is 0 Å². The number of sulfone groups is 1. The molecule has 0 spiro atoms. The van der Waals surface area contributed by atoms with E-state index in [2.05, 4.69) is 15.8 Å². The number of hydrogen-bond acceptors (Lipinski definition) is 6. The van der Waals surface area contributed by atoms with Crippen LogP contribution in [-0.2, 0) is 14.6 Å². The first-order valence-corrected chi connectivity index (χ1v) is 10.5. The van der Waals surface area contributed by atoms with Gasteiger partial charge in [-0.15, -0.1) is 0 Å². The molecule has 0 bridgehead atoms. The van der Waals surface area contributed by atoms with Gasteiger partial charge in [-0.05, 0) is 36.4 Å². The van der Waals surface area contributed by atoms with Gasteiger partial charge in [0.15, 0.2) is 0 Å². The molecule has 0 aliphatic rings. The van der Waals surface area contributed by atoms with Crippen molar-refractivity contribution in [1.29, 1.82) is 0 Å². The maximum Gasteiger partial charge on any atom is 0.229 e. The number of nitrogens with zero attached hydrogens (tertiary/aromatic N) is 1. The van der Waals surface area contributed by atoms with Crippen LogP contribution < -0.4 is 10.7 Å². The Balaban J connectivity index is 1.97. The summed E-state index contributed by atoms with van der Waals surface area (Å²) in [6.07, 6.45) is 0. The van der Waals surface area contributed by atoms with E-state index in [1.54, 1.807) is 60.7 Å². The van der Waals surface area contributed by atoms with Gasteiger partial charge in [0.25, 0.3) is 0 Å². The molecule has 0 atom stereocenters. The maximum absolute atomic E-state index is 13.1. The van der Waals surface area contributed by atoms with Crippen LogP contribution in [0, 0.1) is 0 Å². The van der Waals surface area contributed by atoms with Crippen molar-refractivity contribution in [3.8, 4) is 0 Å². The molecule has 3 aromatic carbocycles. The van der Waals surface area contributed by atoms with E-state index in [-0.39, 0.29) is 16.4 Å². The van der Waals surface area contributed by atoms with Gasteiger partial charge in [-0.25, -0.2) is 8.42 Å². The number of ketones is 1. The van der Waals surface area contributed by atoms with Crippen LogP contribution in [0.4, 0.5) is 11.4 Å². The Morgan fingerprint density at radius 3 is 1.87 bits per heavy atom. The third kappa shape index (κ3) is 4.98. The monoisotopic (exact) mass is 421 g/mol. The summed E-state index contributed by atoms with van der Waals surface area (Å²) >= 11 is 0. The fraction of sp³-hybridized carbons (Fsp3) is 0.0455. The second-order valence-electron chi connectivity index (χ2n) is 6.30. The van der Waals surface area contributed by atoms with E-state index >= 15 is 0 Å². The molecule has 8 heteroatoms. The molecule has 3 rings (SSSR count). The summed E-state index contributed by atoms with van der Waals surface area (Å²) in [7, 11) is -4.16. The van der Waals surface area contributed by atoms with Crippen molar-refractivity contribution >= 4 is 37.9 Å². The second kappa shape index (κ2) is 9.15. The second-order valence-corrected chi connectivity index (χ2v) is 8.16. The zero-order valence-electron chi connectivity index (χ0n) is 16.1. The lowest BCUT2D eigenvalue weighted by molar-refractivity contribution is -0.114. The highest BCUT2D eigenvalue weighted by atomic mass is 32.2. The summed E-state index contributed by atoms with van der Waals surface area (Å²) in [6, 6.07) is 22.2. The average Bonchev–Trinajstić information content (AvgIpc) is 2.75. The number of hydrazone groups is 1. The van der Waals surface area contributed by atoms with E-state index in [0.717, 1.165) is 0 Å². The summed E-state index contributed by atoms with van der Waals surface area (Å²) < 4.78 is 26.2. The molecule has 0 saturated heterocycles. The van der Waals surface area contributed by atoms with Gasteiger partial charge in [-0.2, -0.15) is 5.10 Å². The third-order valence-corrected chi connectivity index (χ3v) is 5.71. The number of carbonyl (C=O) groups excluding carboxylic acids is 2. The minimum atomic E-state index is -4.16.